The fourth-order valence-electron chi connectivity index (χ4n) is 2.32. The van der Waals surface area contributed by atoms with E-state index in [4.69, 9.17) is 0 Å². The zero-order valence-electron chi connectivity index (χ0n) is 13.3. The van der Waals surface area contributed by atoms with Gasteiger partial charge in [0.2, 0.25) is 5.91 Å². The molecule has 6 nitrogen and oxygen atoms in total. The van der Waals surface area contributed by atoms with Crippen LogP contribution >= 0.6 is 23.1 Å². The molecule has 2 heterocycles. The minimum absolute atomic E-state index is 0.165. The SMILES string of the molecule is CSc1nc(C)c(CCC(=O)Nc2nc3ccccc3s2)c(=O)[nH]1. The average Bonchev–Trinajstić information content (AvgIpc) is 2.95. The highest BCUT2D eigenvalue weighted by molar-refractivity contribution is 7.98. The number of nitrogens with zero attached hydrogens (tertiary/aromatic N) is 2. The minimum atomic E-state index is -0.181. The van der Waals surface area contributed by atoms with E-state index in [1.165, 1.54) is 23.1 Å². The van der Waals surface area contributed by atoms with Crippen molar-refractivity contribution in [1.29, 1.82) is 0 Å². The van der Waals surface area contributed by atoms with Crippen LogP contribution in [0.25, 0.3) is 10.2 Å². The van der Waals surface area contributed by atoms with Gasteiger partial charge in [-0.25, -0.2) is 9.97 Å². The lowest BCUT2D eigenvalue weighted by atomic mass is 10.1. The number of rotatable bonds is 5. The molecule has 0 fully saturated rings. The van der Waals surface area contributed by atoms with Gasteiger partial charge in [0.1, 0.15) is 0 Å². The summed E-state index contributed by atoms with van der Waals surface area (Å²) in [6, 6.07) is 7.72. The second-order valence-corrected chi connectivity index (χ2v) is 7.00. The molecule has 2 N–H and O–H groups in total. The first-order chi connectivity index (χ1) is 11.6. The first kappa shape index (κ1) is 16.7. The predicted molar refractivity (Wildman–Crippen MR) is 97.9 cm³/mol. The number of hydrogen-bond acceptors (Lipinski definition) is 6. The predicted octanol–water partition coefficient (Wildman–Crippen LogP) is 2.98. The Bertz CT molecular complexity index is 916. The van der Waals surface area contributed by atoms with E-state index in [1.54, 1.807) is 6.92 Å². The molecule has 0 radical (unpaired) electrons. The second-order valence-electron chi connectivity index (χ2n) is 5.17. The van der Waals surface area contributed by atoms with Crippen LogP contribution in [0, 0.1) is 6.92 Å². The molecule has 0 aliphatic heterocycles. The number of aryl methyl sites for hydroxylation is 1. The number of carbonyl (C=O) groups excluding carboxylic acids is 1. The summed E-state index contributed by atoms with van der Waals surface area (Å²) < 4.78 is 1.02. The molecule has 1 aromatic carbocycles. The molecular weight excluding hydrogens is 344 g/mol. The fraction of sp³-hybridized carbons (Fsp3) is 0.250. The average molecular weight is 360 g/mol. The monoisotopic (exact) mass is 360 g/mol. The Morgan fingerprint density at radius 1 is 1.33 bits per heavy atom. The Balaban J connectivity index is 1.66. The van der Waals surface area contributed by atoms with Gasteiger partial charge in [0, 0.05) is 17.7 Å². The maximum atomic E-state index is 12.1. The molecule has 3 rings (SSSR count). The Kier molecular flexibility index (Phi) is 4.96. The summed E-state index contributed by atoms with van der Waals surface area (Å²) in [5, 5.41) is 3.95. The maximum absolute atomic E-state index is 12.1. The van der Waals surface area contributed by atoms with Gasteiger partial charge in [-0.1, -0.05) is 35.2 Å². The number of anilines is 1. The van der Waals surface area contributed by atoms with Crippen molar-refractivity contribution in [2.45, 2.75) is 24.9 Å². The summed E-state index contributed by atoms with van der Waals surface area (Å²) in [6.07, 6.45) is 2.41. The highest BCUT2D eigenvalue weighted by Crippen LogP contribution is 2.25. The van der Waals surface area contributed by atoms with E-state index in [9.17, 15) is 9.59 Å². The number of benzene rings is 1. The Hall–Kier alpha value is -2.19. The van der Waals surface area contributed by atoms with Crippen LogP contribution in [0.4, 0.5) is 5.13 Å². The summed E-state index contributed by atoms with van der Waals surface area (Å²) >= 11 is 2.81. The highest BCUT2D eigenvalue weighted by Gasteiger charge is 2.12. The maximum Gasteiger partial charge on any atom is 0.254 e. The van der Waals surface area contributed by atoms with Crippen LogP contribution in [0.2, 0.25) is 0 Å². The van der Waals surface area contributed by atoms with E-state index >= 15 is 0 Å². The van der Waals surface area contributed by atoms with Crippen LogP contribution < -0.4 is 10.9 Å². The molecule has 0 aliphatic rings. The van der Waals surface area contributed by atoms with E-state index in [1.807, 2.05) is 30.5 Å². The number of thioether (sulfide) groups is 1. The summed E-state index contributed by atoms with van der Waals surface area (Å²) in [4.78, 5) is 35.6. The molecule has 0 spiro atoms. The highest BCUT2D eigenvalue weighted by atomic mass is 32.2. The van der Waals surface area contributed by atoms with Gasteiger partial charge in [0.15, 0.2) is 10.3 Å². The van der Waals surface area contributed by atoms with E-state index in [2.05, 4.69) is 20.3 Å². The van der Waals surface area contributed by atoms with Crippen LogP contribution in [0.15, 0.2) is 34.2 Å². The molecule has 8 heteroatoms. The van der Waals surface area contributed by atoms with Gasteiger partial charge in [-0.05, 0) is 31.7 Å². The molecule has 0 unspecified atom stereocenters. The van der Waals surface area contributed by atoms with Crippen molar-refractivity contribution >= 4 is 44.4 Å². The van der Waals surface area contributed by atoms with Crippen LogP contribution in [-0.2, 0) is 11.2 Å². The van der Waals surface area contributed by atoms with Crippen molar-refractivity contribution in [2.24, 2.45) is 0 Å². The van der Waals surface area contributed by atoms with E-state index < -0.39 is 0 Å². The summed E-state index contributed by atoms with van der Waals surface area (Å²) in [5.74, 6) is -0.165. The van der Waals surface area contributed by atoms with Gasteiger partial charge in [0.25, 0.3) is 5.56 Å². The zero-order valence-corrected chi connectivity index (χ0v) is 14.9. The van der Waals surface area contributed by atoms with Crippen molar-refractivity contribution in [3.63, 3.8) is 0 Å². The molecule has 3 aromatic rings. The fourth-order valence-corrected chi connectivity index (χ4v) is 3.63. The van der Waals surface area contributed by atoms with Gasteiger partial charge < -0.3 is 10.3 Å². The summed E-state index contributed by atoms with van der Waals surface area (Å²) in [5.41, 5.74) is 1.89. The van der Waals surface area contributed by atoms with Crippen LogP contribution in [0.5, 0.6) is 0 Å². The molecule has 0 atom stereocenters. The van der Waals surface area contributed by atoms with E-state index in [-0.39, 0.29) is 17.9 Å². The van der Waals surface area contributed by atoms with Crippen molar-refractivity contribution in [2.75, 3.05) is 11.6 Å². The van der Waals surface area contributed by atoms with Crippen LogP contribution in [-0.4, -0.2) is 27.1 Å². The molecule has 124 valence electrons. The van der Waals surface area contributed by atoms with Crippen LogP contribution in [0.1, 0.15) is 17.7 Å². The number of H-pyrrole nitrogens is 1. The van der Waals surface area contributed by atoms with Gasteiger partial charge in [0.05, 0.1) is 10.2 Å². The number of aromatic nitrogens is 3. The van der Waals surface area contributed by atoms with E-state index in [0.717, 1.165) is 10.2 Å². The Morgan fingerprint density at radius 2 is 2.12 bits per heavy atom. The lowest BCUT2D eigenvalue weighted by Gasteiger charge is -2.05. The molecule has 0 saturated heterocycles. The number of nitrogens with one attached hydrogen (secondary N) is 2. The normalized spacial score (nSPS) is 10.9. The third-order valence-electron chi connectivity index (χ3n) is 3.54. The van der Waals surface area contributed by atoms with Crippen molar-refractivity contribution in [3.05, 3.63) is 45.9 Å². The largest absolute Gasteiger partial charge is 0.302 e. The first-order valence-electron chi connectivity index (χ1n) is 7.36. The number of aromatic amines is 1. The first-order valence-corrected chi connectivity index (χ1v) is 9.40. The lowest BCUT2D eigenvalue weighted by molar-refractivity contribution is -0.116. The standard InChI is InChI=1S/C16H16N4O2S2/c1-9-10(14(22)20-15(17-9)23-2)7-8-13(21)19-16-18-11-5-3-4-6-12(11)24-16/h3-6H,7-8H2,1-2H3,(H,17,20,22)(H,18,19,21). The zero-order chi connectivity index (χ0) is 17.1. The van der Waals surface area contributed by atoms with Gasteiger partial charge in [-0.2, -0.15) is 0 Å². The molecule has 2 aromatic heterocycles. The summed E-state index contributed by atoms with van der Waals surface area (Å²) in [7, 11) is 0. The quantitative estimate of drug-likeness (QED) is 0.539. The molecule has 1 amide bonds. The topological polar surface area (TPSA) is 87.7 Å². The Morgan fingerprint density at radius 3 is 2.83 bits per heavy atom. The van der Waals surface area contributed by atoms with Gasteiger partial charge in [-0.15, -0.1) is 0 Å². The molecule has 0 saturated carbocycles. The third kappa shape index (κ3) is 3.65. The van der Waals surface area contributed by atoms with Crippen molar-refractivity contribution < 1.29 is 4.79 Å². The van der Waals surface area contributed by atoms with Crippen molar-refractivity contribution in [3.8, 4) is 0 Å². The summed E-state index contributed by atoms with van der Waals surface area (Å²) in [6.45, 7) is 1.79. The molecule has 0 aliphatic carbocycles. The number of para-hydroxylation sites is 1. The van der Waals surface area contributed by atoms with Crippen LogP contribution in [0.3, 0.4) is 0 Å². The number of fused-ring (bicyclic) bond motifs is 1. The number of carbonyl (C=O) groups is 1. The van der Waals surface area contributed by atoms with E-state index in [0.29, 0.717) is 28.0 Å². The van der Waals surface area contributed by atoms with Gasteiger partial charge in [-0.3, -0.25) is 9.59 Å². The molecule has 24 heavy (non-hydrogen) atoms. The van der Waals surface area contributed by atoms with Crippen molar-refractivity contribution in [1.82, 2.24) is 15.0 Å². The number of hydrogen-bond donors (Lipinski definition) is 2. The number of amides is 1. The second kappa shape index (κ2) is 7.14. The van der Waals surface area contributed by atoms with Gasteiger partial charge >= 0.3 is 0 Å². The molecule has 0 bridgehead atoms. The number of thiazole rings is 1. The Labute approximate surface area is 146 Å². The lowest BCUT2D eigenvalue weighted by Crippen LogP contribution is -2.20. The molecular formula is C16H16N4O2S2. The smallest absolute Gasteiger partial charge is 0.254 e. The third-order valence-corrected chi connectivity index (χ3v) is 5.07. The minimum Gasteiger partial charge on any atom is -0.302 e.